The molecule has 1 fully saturated rings. The van der Waals surface area contributed by atoms with E-state index in [1.807, 2.05) is 6.20 Å². The van der Waals surface area contributed by atoms with Crippen molar-refractivity contribution >= 4 is 38.7 Å². The zero-order valence-electron chi connectivity index (χ0n) is 18.2. The van der Waals surface area contributed by atoms with Crippen molar-refractivity contribution in [2.75, 3.05) is 43.4 Å². The number of hydrogen-bond donors (Lipinski definition) is 1. The van der Waals surface area contributed by atoms with Crippen LogP contribution in [0.1, 0.15) is 11.1 Å². The largest absolute Gasteiger partial charge is 0.369 e. The summed E-state index contributed by atoms with van der Waals surface area (Å²) in [5.41, 5.74) is 5.62. The summed E-state index contributed by atoms with van der Waals surface area (Å²) in [4.78, 5) is 15.3. The Balaban J connectivity index is 1.36. The van der Waals surface area contributed by atoms with Gasteiger partial charge in [-0.25, -0.2) is 9.97 Å². The molecule has 2 aromatic heterocycles. The maximum absolute atomic E-state index is 4.85. The minimum atomic E-state index is 0.626. The number of benzene rings is 2. The molecule has 0 radical (unpaired) electrons. The molecule has 2 aromatic carbocycles. The monoisotopic (exact) mass is 429 g/mol. The number of piperazine rings is 1. The smallest absolute Gasteiger partial charge is 0.227 e. The highest BCUT2D eigenvalue weighted by Crippen LogP contribution is 2.35. The van der Waals surface area contributed by atoms with E-state index in [9.17, 15) is 0 Å². The lowest BCUT2D eigenvalue weighted by atomic mass is 10.1. The summed E-state index contributed by atoms with van der Waals surface area (Å²) in [5, 5.41) is 4.65. The van der Waals surface area contributed by atoms with E-state index in [0.29, 0.717) is 5.95 Å². The van der Waals surface area contributed by atoms with Crippen LogP contribution in [0.25, 0.3) is 20.7 Å². The Morgan fingerprint density at radius 2 is 1.71 bits per heavy atom. The van der Waals surface area contributed by atoms with Gasteiger partial charge in [0.25, 0.3) is 0 Å². The van der Waals surface area contributed by atoms with Crippen molar-refractivity contribution in [1.29, 1.82) is 0 Å². The molecule has 0 amide bonds. The van der Waals surface area contributed by atoms with E-state index < -0.39 is 0 Å². The van der Waals surface area contributed by atoms with E-state index >= 15 is 0 Å². The predicted octanol–water partition coefficient (Wildman–Crippen LogP) is 5.47. The van der Waals surface area contributed by atoms with Gasteiger partial charge < -0.3 is 15.1 Å². The van der Waals surface area contributed by atoms with Crippen LogP contribution in [-0.4, -0.2) is 48.1 Å². The van der Waals surface area contributed by atoms with Gasteiger partial charge in [0.2, 0.25) is 5.95 Å². The average Bonchev–Trinajstić information content (AvgIpc) is 3.19. The summed E-state index contributed by atoms with van der Waals surface area (Å²) >= 11 is 1.78. The lowest BCUT2D eigenvalue weighted by molar-refractivity contribution is 0.313. The molecule has 3 heterocycles. The molecule has 0 aliphatic carbocycles. The van der Waals surface area contributed by atoms with Crippen molar-refractivity contribution in [3.05, 3.63) is 65.9 Å². The Bertz CT molecular complexity index is 1210. The van der Waals surface area contributed by atoms with E-state index in [-0.39, 0.29) is 0 Å². The third-order valence-corrected chi connectivity index (χ3v) is 6.99. The van der Waals surface area contributed by atoms with Crippen molar-refractivity contribution < 1.29 is 0 Å². The first-order valence-electron chi connectivity index (χ1n) is 10.7. The Labute approximate surface area is 187 Å². The molecule has 0 saturated carbocycles. The topological polar surface area (TPSA) is 44.3 Å². The van der Waals surface area contributed by atoms with Gasteiger partial charge >= 0.3 is 0 Å². The van der Waals surface area contributed by atoms with E-state index in [4.69, 9.17) is 4.98 Å². The number of nitrogens with one attached hydrogen (secondary N) is 1. The van der Waals surface area contributed by atoms with E-state index in [1.54, 1.807) is 11.3 Å². The standard InChI is InChI=1S/C25H27N5S/c1-17-4-9-22-19(14-17)15-23(31-22)24-18(2)16-26-25(28-24)27-20-5-7-21(8-6-20)30-12-10-29(3)11-13-30/h4-9,14-16H,10-13H2,1-3H3,(H,26,27,28). The summed E-state index contributed by atoms with van der Waals surface area (Å²) in [5.74, 6) is 0.626. The molecule has 0 spiro atoms. The fourth-order valence-corrected chi connectivity index (χ4v) is 5.08. The zero-order chi connectivity index (χ0) is 21.4. The molecule has 0 bridgehead atoms. The number of anilines is 3. The number of hydrogen-bond acceptors (Lipinski definition) is 6. The Morgan fingerprint density at radius 3 is 2.48 bits per heavy atom. The van der Waals surface area contributed by atoms with Crippen LogP contribution < -0.4 is 10.2 Å². The van der Waals surface area contributed by atoms with Crippen LogP contribution in [0.15, 0.2) is 54.7 Å². The number of aryl methyl sites for hydroxylation is 2. The van der Waals surface area contributed by atoms with Crippen molar-refractivity contribution in [3.8, 4) is 10.6 Å². The van der Waals surface area contributed by atoms with E-state index in [0.717, 1.165) is 43.1 Å². The number of rotatable bonds is 4. The molecule has 1 aliphatic heterocycles. The first-order chi connectivity index (χ1) is 15.0. The Hall–Kier alpha value is -2.96. The second-order valence-corrected chi connectivity index (χ2v) is 9.42. The fraction of sp³-hybridized carbons (Fsp3) is 0.280. The molecule has 0 atom stereocenters. The van der Waals surface area contributed by atoms with Gasteiger partial charge in [-0.3, -0.25) is 0 Å². The number of thiophene rings is 1. The number of aromatic nitrogens is 2. The van der Waals surface area contributed by atoms with Gasteiger partial charge in [-0.15, -0.1) is 11.3 Å². The molecule has 4 aromatic rings. The van der Waals surface area contributed by atoms with Crippen LogP contribution in [0, 0.1) is 13.8 Å². The highest BCUT2D eigenvalue weighted by Gasteiger charge is 2.14. The number of nitrogens with zero attached hydrogens (tertiary/aromatic N) is 4. The second kappa shape index (κ2) is 8.29. The van der Waals surface area contributed by atoms with Gasteiger partial charge in [0, 0.05) is 48.5 Å². The molecule has 1 N–H and O–H groups in total. The molecule has 31 heavy (non-hydrogen) atoms. The summed E-state index contributed by atoms with van der Waals surface area (Å²) in [6.45, 7) is 8.56. The molecule has 0 unspecified atom stereocenters. The van der Waals surface area contributed by atoms with Gasteiger partial charge in [-0.05, 0) is 68.2 Å². The van der Waals surface area contributed by atoms with Crippen LogP contribution in [0.4, 0.5) is 17.3 Å². The van der Waals surface area contributed by atoms with Crippen molar-refractivity contribution in [3.63, 3.8) is 0 Å². The Morgan fingerprint density at radius 1 is 0.935 bits per heavy atom. The molecule has 1 aliphatic rings. The third-order valence-electron chi connectivity index (χ3n) is 5.87. The van der Waals surface area contributed by atoms with Crippen LogP contribution in [0.3, 0.4) is 0 Å². The highest BCUT2D eigenvalue weighted by molar-refractivity contribution is 7.22. The van der Waals surface area contributed by atoms with Crippen molar-refractivity contribution in [2.24, 2.45) is 0 Å². The summed E-state index contributed by atoms with van der Waals surface area (Å²) in [7, 11) is 2.18. The molecule has 6 heteroatoms. The van der Waals surface area contributed by atoms with Crippen molar-refractivity contribution in [1.82, 2.24) is 14.9 Å². The number of likely N-dealkylation sites (N-methyl/N-ethyl adjacent to an activating group) is 1. The molecule has 1 saturated heterocycles. The predicted molar refractivity (Wildman–Crippen MR) is 132 cm³/mol. The van der Waals surface area contributed by atoms with Gasteiger partial charge in [-0.1, -0.05) is 17.7 Å². The molecule has 5 rings (SSSR count). The van der Waals surface area contributed by atoms with Crippen molar-refractivity contribution in [2.45, 2.75) is 13.8 Å². The van der Waals surface area contributed by atoms with Crippen LogP contribution >= 0.6 is 11.3 Å². The second-order valence-electron chi connectivity index (χ2n) is 8.34. The Kier molecular flexibility index (Phi) is 5.34. The van der Waals surface area contributed by atoms with Crippen LogP contribution in [0.5, 0.6) is 0 Å². The maximum Gasteiger partial charge on any atom is 0.227 e. The number of fused-ring (bicyclic) bond motifs is 1. The molecule has 5 nitrogen and oxygen atoms in total. The van der Waals surface area contributed by atoms with Gasteiger partial charge in [0.05, 0.1) is 10.6 Å². The summed E-state index contributed by atoms with van der Waals surface area (Å²) in [6.07, 6.45) is 1.90. The normalized spacial score (nSPS) is 14.9. The van der Waals surface area contributed by atoms with Crippen LogP contribution in [-0.2, 0) is 0 Å². The van der Waals surface area contributed by atoms with Gasteiger partial charge in [0.15, 0.2) is 0 Å². The SMILES string of the molecule is Cc1ccc2sc(-c3nc(Nc4ccc(N5CCN(C)CC5)cc4)ncc3C)cc2c1. The zero-order valence-corrected chi connectivity index (χ0v) is 19.0. The molecule has 158 valence electrons. The average molecular weight is 430 g/mol. The fourth-order valence-electron chi connectivity index (χ4n) is 3.98. The maximum atomic E-state index is 4.85. The summed E-state index contributed by atoms with van der Waals surface area (Å²) in [6, 6.07) is 17.4. The first-order valence-corrected chi connectivity index (χ1v) is 11.5. The van der Waals surface area contributed by atoms with Gasteiger partial charge in [-0.2, -0.15) is 0 Å². The lowest BCUT2D eigenvalue weighted by Gasteiger charge is -2.34. The quantitative estimate of drug-likeness (QED) is 0.466. The molecular formula is C25H27N5S. The minimum Gasteiger partial charge on any atom is -0.369 e. The lowest BCUT2D eigenvalue weighted by Crippen LogP contribution is -2.44. The van der Waals surface area contributed by atoms with E-state index in [1.165, 1.54) is 26.2 Å². The van der Waals surface area contributed by atoms with Crippen LogP contribution in [0.2, 0.25) is 0 Å². The minimum absolute atomic E-state index is 0.626. The van der Waals surface area contributed by atoms with E-state index in [2.05, 4.69) is 89.5 Å². The summed E-state index contributed by atoms with van der Waals surface area (Å²) < 4.78 is 1.28. The van der Waals surface area contributed by atoms with Gasteiger partial charge in [0.1, 0.15) is 0 Å². The first kappa shape index (κ1) is 20.0. The molecular weight excluding hydrogens is 402 g/mol. The highest BCUT2D eigenvalue weighted by atomic mass is 32.1. The third kappa shape index (κ3) is 4.27.